The van der Waals surface area contributed by atoms with Gasteiger partial charge in [-0.3, -0.25) is 14.9 Å². The molecule has 0 radical (unpaired) electrons. The molecule has 1 aliphatic rings. The molecule has 0 unspecified atom stereocenters. The first kappa shape index (κ1) is 31.3. The monoisotopic (exact) mass is 562 g/mol. The Balaban J connectivity index is 1.55. The fraction of sp³-hybridized carbons (Fsp3) is 0.533. The lowest BCUT2D eigenvalue weighted by atomic mass is 9.80. The van der Waals surface area contributed by atoms with Crippen LogP contribution in [0, 0.1) is 11.3 Å². The molecule has 0 aromatic heterocycles. The zero-order valence-electron chi connectivity index (χ0n) is 23.6. The van der Waals surface area contributed by atoms with Crippen LogP contribution in [0.15, 0.2) is 54.6 Å². The highest BCUT2D eigenvalue weighted by Crippen LogP contribution is 2.34. The molecule has 0 saturated carbocycles. The predicted molar refractivity (Wildman–Crippen MR) is 151 cm³/mol. The number of hydrogen-bond acceptors (Lipinski definition) is 5. The maximum absolute atomic E-state index is 13.9. The summed E-state index contributed by atoms with van der Waals surface area (Å²) < 4.78 is 41.8. The Labute approximate surface area is 234 Å². The van der Waals surface area contributed by atoms with E-state index in [2.05, 4.69) is 20.9 Å². The van der Waals surface area contributed by atoms with Gasteiger partial charge in [-0.2, -0.15) is 13.2 Å². The van der Waals surface area contributed by atoms with Crippen LogP contribution in [0.5, 0.6) is 0 Å². The zero-order chi connectivity index (χ0) is 29.5. The number of aliphatic carboxylic acids is 1. The number of piperidine rings is 1. The second-order valence-electron chi connectivity index (χ2n) is 11.4. The molecule has 3 atom stereocenters. The van der Waals surface area contributed by atoms with Crippen LogP contribution in [0.2, 0.25) is 0 Å². The van der Waals surface area contributed by atoms with Gasteiger partial charge in [0.2, 0.25) is 5.91 Å². The Morgan fingerprint density at radius 2 is 1.60 bits per heavy atom. The normalized spacial score (nSPS) is 17.6. The van der Waals surface area contributed by atoms with Gasteiger partial charge in [0, 0.05) is 37.1 Å². The number of halogens is 3. The molecule has 1 aliphatic heterocycles. The molecule has 4 N–H and O–H groups in total. The minimum atomic E-state index is -4.56. The van der Waals surface area contributed by atoms with E-state index in [4.69, 9.17) is 0 Å². The van der Waals surface area contributed by atoms with E-state index in [1.807, 2.05) is 38.1 Å². The fourth-order valence-corrected chi connectivity index (χ4v) is 4.88. The number of carboxylic acids is 1. The standard InChI is InChI=1S/C30H41F3N4O3/c1-20(2)18-25(36-26(30(31,32)33)22-8-6-5-7-9-22)27(38)35-21(3)19-34-23-10-12-24(13-11-23)37-16-14-29(4,15-17-37)28(39)40/h5-13,20-21,25-26,34,36H,14-19H2,1-4H3,(H,35,38)(H,39,40)/t21-,25-,26-/m0/s1. The summed E-state index contributed by atoms with van der Waals surface area (Å²) in [7, 11) is 0. The Morgan fingerprint density at radius 3 is 2.12 bits per heavy atom. The molecule has 10 heteroatoms. The number of benzene rings is 2. The molecule has 1 fully saturated rings. The van der Waals surface area contributed by atoms with Crippen molar-refractivity contribution in [1.29, 1.82) is 0 Å². The van der Waals surface area contributed by atoms with Crippen LogP contribution in [0.25, 0.3) is 0 Å². The average Bonchev–Trinajstić information content (AvgIpc) is 2.90. The number of carbonyl (C=O) groups is 2. The minimum Gasteiger partial charge on any atom is -0.481 e. The summed E-state index contributed by atoms with van der Waals surface area (Å²) in [5.41, 5.74) is 1.24. The topological polar surface area (TPSA) is 93.7 Å². The van der Waals surface area contributed by atoms with Gasteiger partial charge >= 0.3 is 12.1 Å². The lowest BCUT2D eigenvalue weighted by Gasteiger charge is -2.37. The van der Waals surface area contributed by atoms with Gasteiger partial charge in [-0.25, -0.2) is 0 Å². The summed E-state index contributed by atoms with van der Waals surface area (Å²) in [4.78, 5) is 26.7. The van der Waals surface area contributed by atoms with Crippen molar-refractivity contribution in [2.45, 2.75) is 71.3 Å². The second kappa shape index (κ2) is 13.4. The van der Waals surface area contributed by atoms with Crippen LogP contribution in [0.3, 0.4) is 0 Å². The molecule has 0 aliphatic carbocycles. The number of alkyl halides is 3. The SMILES string of the molecule is CC(C)C[C@H](N[C@@H](c1ccccc1)C(F)(F)F)C(=O)N[C@@H](C)CNc1ccc(N2CCC(C)(C(=O)O)CC2)cc1. The molecule has 1 heterocycles. The Morgan fingerprint density at radius 1 is 1.00 bits per heavy atom. The fourth-order valence-electron chi connectivity index (χ4n) is 4.88. The van der Waals surface area contributed by atoms with Crippen LogP contribution < -0.4 is 20.9 Å². The van der Waals surface area contributed by atoms with Crippen molar-refractivity contribution in [1.82, 2.24) is 10.6 Å². The van der Waals surface area contributed by atoms with E-state index in [-0.39, 0.29) is 23.9 Å². The summed E-state index contributed by atoms with van der Waals surface area (Å²) in [6.07, 6.45) is -3.13. The number of rotatable bonds is 12. The van der Waals surface area contributed by atoms with E-state index in [1.165, 1.54) is 12.1 Å². The van der Waals surface area contributed by atoms with Crippen molar-refractivity contribution in [3.63, 3.8) is 0 Å². The predicted octanol–water partition coefficient (Wildman–Crippen LogP) is 5.60. The smallest absolute Gasteiger partial charge is 0.407 e. The Hall–Kier alpha value is -3.27. The first-order chi connectivity index (χ1) is 18.8. The van der Waals surface area contributed by atoms with Crippen LogP contribution in [0.4, 0.5) is 24.5 Å². The third-order valence-corrected chi connectivity index (χ3v) is 7.47. The van der Waals surface area contributed by atoms with Gasteiger partial charge in [-0.1, -0.05) is 44.2 Å². The minimum absolute atomic E-state index is 0.0117. The lowest BCUT2D eigenvalue weighted by molar-refractivity contribution is -0.161. The van der Waals surface area contributed by atoms with E-state index < -0.39 is 35.6 Å². The molecular formula is C30H41F3N4O3. The third kappa shape index (κ3) is 8.61. The summed E-state index contributed by atoms with van der Waals surface area (Å²) in [6.45, 7) is 9.07. The van der Waals surface area contributed by atoms with Crippen molar-refractivity contribution in [3.05, 3.63) is 60.2 Å². The molecule has 2 aromatic rings. The number of anilines is 2. The number of hydrogen-bond donors (Lipinski definition) is 4. The highest BCUT2D eigenvalue weighted by molar-refractivity contribution is 5.82. The molecule has 1 amide bonds. The largest absolute Gasteiger partial charge is 0.481 e. The maximum Gasteiger partial charge on any atom is 0.407 e. The van der Waals surface area contributed by atoms with E-state index >= 15 is 0 Å². The van der Waals surface area contributed by atoms with E-state index in [0.29, 0.717) is 32.5 Å². The molecule has 1 saturated heterocycles. The van der Waals surface area contributed by atoms with Crippen molar-refractivity contribution in [3.8, 4) is 0 Å². The highest BCUT2D eigenvalue weighted by Gasteiger charge is 2.43. The second-order valence-corrected chi connectivity index (χ2v) is 11.4. The van der Waals surface area contributed by atoms with Crippen LogP contribution in [-0.2, 0) is 9.59 Å². The average molecular weight is 563 g/mol. The number of nitrogens with one attached hydrogen (secondary N) is 3. The van der Waals surface area contributed by atoms with Gasteiger partial charge in [-0.15, -0.1) is 0 Å². The Bertz CT molecular complexity index is 1100. The highest BCUT2D eigenvalue weighted by atomic mass is 19.4. The lowest BCUT2D eigenvalue weighted by Crippen LogP contribution is -2.52. The first-order valence-electron chi connectivity index (χ1n) is 13.8. The Kier molecular flexibility index (Phi) is 10.5. The van der Waals surface area contributed by atoms with Gasteiger partial charge < -0.3 is 20.6 Å². The molecule has 0 bridgehead atoms. The molecule has 7 nitrogen and oxygen atoms in total. The summed E-state index contributed by atoms with van der Waals surface area (Å²) >= 11 is 0. The van der Waals surface area contributed by atoms with E-state index in [9.17, 15) is 27.9 Å². The van der Waals surface area contributed by atoms with Gasteiger partial charge in [-0.05, 0) is 68.9 Å². The molecule has 2 aromatic carbocycles. The van der Waals surface area contributed by atoms with Crippen LogP contribution in [0.1, 0.15) is 58.6 Å². The number of carbonyl (C=O) groups excluding carboxylic acids is 1. The zero-order valence-corrected chi connectivity index (χ0v) is 23.6. The maximum atomic E-state index is 13.9. The van der Waals surface area contributed by atoms with Gasteiger partial charge in [0.05, 0.1) is 11.5 Å². The first-order valence-corrected chi connectivity index (χ1v) is 13.8. The quantitative estimate of drug-likeness (QED) is 0.269. The van der Waals surface area contributed by atoms with Crippen molar-refractivity contribution in [2.75, 3.05) is 29.9 Å². The number of carboxylic acid groups (broad SMARTS) is 1. The van der Waals surface area contributed by atoms with Gasteiger partial charge in [0.25, 0.3) is 0 Å². The van der Waals surface area contributed by atoms with Crippen LogP contribution >= 0.6 is 0 Å². The summed E-state index contributed by atoms with van der Waals surface area (Å²) in [5, 5.41) is 18.1. The van der Waals surface area contributed by atoms with Gasteiger partial charge in [0.1, 0.15) is 6.04 Å². The molecule has 3 rings (SSSR count). The third-order valence-electron chi connectivity index (χ3n) is 7.47. The van der Waals surface area contributed by atoms with Crippen LogP contribution in [-0.4, -0.2) is 54.9 Å². The molecular weight excluding hydrogens is 521 g/mol. The van der Waals surface area contributed by atoms with E-state index in [0.717, 1.165) is 11.4 Å². The number of amides is 1. The summed E-state index contributed by atoms with van der Waals surface area (Å²) in [5.74, 6) is -1.21. The van der Waals surface area contributed by atoms with Gasteiger partial charge in [0.15, 0.2) is 0 Å². The number of nitrogens with zero attached hydrogens (tertiary/aromatic N) is 1. The van der Waals surface area contributed by atoms with Crippen molar-refractivity contribution < 1.29 is 27.9 Å². The molecule has 0 spiro atoms. The van der Waals surface area contributed by atoms with E-state index in [1.54, 1.807) is 32.0 Å². The molecule has 220 valence electrons. The summed E-state index contributed by atoms with van der Waals surface area (Å²) in [6, 6.07) is 12.1. The van der Waals surface area contributed by atoms with Crippen molar-refractivity contribution >= 4 is 23.3 Å². The molecule has 40 heavy (non-hydrogen) atoms. The van der Waals surface area contributed by atoms with Crippen molar-refractivity contribution in [2.24, 2.45) is 11.3 Å².